The lowest BCUT2D eigenvalue weighted by molar-refractivity contribution is -0.385. The van der Waals surface area contributed by atoms with Crippen LogP contribution in [0.4, 0.5) is 15.8 Å². The van der Waals surface area contributed by atoms with Gasteiger partial charge >= 0.3 is 0 Å². The van der Waals surface area contributed by atoms with Crippen molar-refractivity contribution >= 4 is 40.6 Å². The van der Waals surface area contributed by atoms with Crippen molar-refractivity contribution in [2.24, 2.45) is 0 Å². The van der Waals surface area contributed by atoms with Gasteiger partial charge in [0, 0.05) is 22.5 Å². The number of thioether (sulfide) groups is 1. The first kappa shape index (κ1) is 17.7. The summed E-state index contributed by atoms with van der Waals surface area (Å²) >= 11 is 7.51. The van der Waals surface area contributed by atoms with E-state index in [9.17, 15) is 19.3 Å². The molecule has 5 nitrogen and oxygen atoms in total. The number of hydrogen-bond acceptors (Lipinski definition) is 4. The Balaban J connectivity index is 2.13. The van der Waals surface area contributed by atoms with Crippen LogP contribution in [0.5, 0.6) is 0 Å². The third kappa shape index (κ3) is 3.21. The molecule has 2 aromatic carbocycles. The zero-order valence-corrected chi connectivity index (χ0v) is 14.9. The maximum Gasteiger partial charge on any atom is 0.282 e. The lowest BCUT2D eigenvalue weighted by Crippen LogP contribution is -2.36. The van der Waals surface area contributed by atoms with Crippen LogP contribution in [0.1, 0.15) is 22.3 Å². The molecule has 1 aliphatic heterocycles. The zero-order chi connectivity index (χ0) is 18.1. The predicted molar refractivity (Wildman–Crippen MR) is 96.3 cm³/mol. The van der Waals surface area contributed by atoms with Gasteiger partial charge < -0.3 is 4.90 Å². The van der Waals surface area contributed by atoms with Crippen LogP contribution < -0.4 is 4.90 Å². The molecule has 0 aliphatic carbocycles. The van der Waals surface area contributed by atoms with Gasteiger partial charge in [-0.1, -0.05) is 11.6 Å². The molecule has 0 unspecified atom stereocenters. The molecule has 0 aromatic heterocycles. The summed E-state index contributed by atoms with van der Waals surface area (Å²) in [6.07, 6.45) is 2.98. The molecule has 3 rings (SSSR count). The molecule has 0 spiro atoms. The number of nitro benzene ring substituents is 1. The highest BCUT2D eigenvalue weighted by Gasteiger charge is 2.31. The van der Waals surface area contributed by atoms with E-state index in [2.05, 4.69) is 0 Å². The van der Waals surface area contributed by atoms with Gasteiger partial charge in [0.2, 0.25) is 0 Å². The van der Waals surface area contributed by atoms with Gasteiger partial charge in [0.1, 0.15) is 11.4 Å². The molecule has 130 valence electrons. The van der Waals surface area contributed by atoms with Gasteiger partial charge in [0.05, 0.1) is 10.6 Å². The molecule has 0 N–H and O–H groups in total. The maximum atomic E-state index is 14.4. The van der Waals surface area contributed by atoms with Gasteiger partial charge in [-0.05, 0) is 48.9 Å². The molecule has 25 heavy (non-hydrogen) atoms. The molecule has 0 bridgehead atoms. The standard InChI is InChI=1S/C17H14ClFN2O3S/c1-25-10-4-7-15(21(23)24)12(9-10)17(22)20-8-2-3-11-13(18)5-6-14(19)16(11)20/h4-7,9H,2-3,8H2,1H3. The average molecular weight is 381 g/mol. The van der Waals surface area contributed by atoms with Crippen molar-refractivity contribution < 1.29 is 14.1 Å². The van der Waals surface area contributed by atoms with Crippen molar-refractivity contribution in [1.82, 2.24) is 0 Å². The summed E-state index contributed by atoms with van der Waals surface area (Å²) in [6, 6.07) is 7.03. The van der Waals surface area contributed by atoms with Crippen LogP contribution >= 0.6 is 23.4 Å². The van der Waals surface area contributed by atoms with E-state index in [-0.39, 0.29) is 23.5 Å². The first-order chi connectivity index (χ1) is 11.9. The molecule has 0 radical (unpaired) electrons. The summed E-state index contributed by atoms with van der Waals surface area (Å²) in [5.74, 6) is -1.15. The van der Waals surface area contributed by atoms with Crippen LogP contribution in [0.25, 0.3) is 0 Å². The van der Waals surface area contributed by atoms with Crippen LogP contribution in [-0.4, -0.2) is 23.6 Å². The Morgan fingerprint density at radius 3 is 2.80 bits per heavy atom. The number of nitrogens with zero attached hydrogens (tertiary/aromatic N) is 2. The summed E-state index contributed by atoms with van der Waals surface area (Å²) < 4.78 is 14.4. The van der Waals surface area contributed by atoms with Gasteiger partial charge in [-0.25, -0.2) is 4.39 Å². The molecular weight excluding hydrogens is 367 g/mol. The largest absolute Gasteiger partial charge is 0.305 e. The molecule has 0 saturated heterocycles. The Labute approximate surface area is 152 Å². The van der Waals surface area contributed by atoms with Gasteiger partial charge in [-0.3, -0.25) is 14.9 Å². The van der Waals surface area contributed by atoms with Crippen molar-refractivity contribution in [1.29, 1.82) is 0 Å². The molecular formula is C17H14ClFN2O3S. The fourth-order valence-electron chi connectivity index (χ4n) is 2.96. The number of carbonyl (C=O) groups excluding carboxylic acids is 1. The first-order valence-corrected chi connectivity index (χ1v) is 9.15. The predicted octanol–water partition coefficient (Wildman–Crippen LogP) is 4.70. The number of hydrogen-bond donors (Lipinski definition) is 0. The monoisotopic (exact) mass is 380 g/mol. The molecule has 1 aliphatic rings. The minimum absolute atomic E-state index is 0.0518. The maximum absolute atomic E-state index is 14.4. The van der Waals surface area contributed by atoms with Crippen LogP contribution in [0.3, 0.4) is 0 Å². The third-order valence-corrected chi connectivity index (χ3v) is 5.21. The smallest absolute Gasteiger partial charge is 0.282 e. The number of halogens is 2. The van der Waals surface area contributed by atoms with Crippen molar-refractivity contribution in [3.05, 3.63) is 62.4 Å². The zero-order valence-electron chi connectivity index (χ0n) is 13.3. The summed E-state index contributed by atoms with van der Waals surface area (Å²) in [5.41, 5.74) is 0.332. The van der Waals surface area contributed by atoms with E-state index in [1.165, 1.54) is 40.9 Å². The lowest BCUT2D eigenvalue weighted by Gasteiger charge is -2.30. The Morgan fingerprint density at radius 1 is 1.36 bits per heavy atom. The van der Waals surface area contributed by atoms with Gasteiger partial charge in [0.25, 0.3) is 11.6 Å². The van der Waals surface area contributed by atoms with Crippen molar-refractivity contribution in [3.63, 3.8) is 0 Å². The number of carbonyl (C=O) groups is 1. The topological polar surface area (TPSA) is 63.5 Å². The Hall–Kier alpha value is -2.12. The second-order valence-electron chi connectivity index (χ2n) is 5.56. The lowest BCUT2D eigenvalue weighted by atomic mass is 10.00. The highest BCUT2D eigenvalue weighted by atomic mass is 35.5. The second kappa shape index (κ2) is 7.01. The van der Waals surface area contributed by atoms with Crippen LogP contribution in [0, 0.1) is 15.9 Å². The SMILES string of the molecule is CSc1ccc([N+](=O)[O-])c(C(=O)N2CCCc3c(Cl)ccc(F)c32)c1. The molecule has 1 heterocycles. The molecule has 0 atom stereocenters. The Kier molecular flexibility index (Phi) is 4.96. The first-order valence-electron chi connectivity index (χ1n) is 7.55. The van der Waals surface area contributed by atoms with E-state index < -0.39 is 16.6 Å². The summed E-state index contributed by atoms with van der Waals surface area (Å²) in [7, 11) is 0. The van der Waals surface area contributed by atoms with E-state index in [4.69, 9.17) is 11.6 Å². The highest BCUT2D eigenvalue weighted by molar-refractivity contribution is 7.98. The number of nitro groups is 1. The number of rotatable bonds is 3. The van der Waals surface area contributed by atoms with E-state index >= 15 is 0 Å². The van der Waals surface area contributed by atoms with Crippen molar-refractivity contribution in [3.8, 4) is 0 Å². The number of amides is 1. The third-order valence-electron chi connectivity index (χ3n) is 4.13. The molecule has 2 aromatic rings. The van der Waals surface area contributed by atoms with Crippen LogP contribution in [0.15, 0.2) is 35.2 Å². The van der Waals surface area contributed by atoms with E-state index in [1.807, 2.05) is 6.26 Å². The summed E-state index contributed by atoms with van der Waals surface area (Å²) in [4.78, 5) is 25.7. The minimum atomic E-state index is -0.601. The molecule has 1 amide bonds. The molecule has 8 heteroatoms. The Bertz CT molecular complexity index is 875. The molecule has 0 saturated carbocycles. The highest BCUT2D eigenvalue weighted by Crippen LogP contribution is 2.37. The average Bonchev–Trinajstić information content (AvgIpc) is 2.63. The van der Waals surface area contributed by atoms with E-state index in [0.29, 0.717) is 23.4 Å². The van der Waals surface area contributed by atoms with Gasteiger partial charge in [-0.2, -0.15) is 0 Å². The summed E-state index contributed by atoms with van der Waals surface area (Å²) in [6.45, 7) is 0.281. The Morgan fingerprint density at radius 2 is 2.12 bits per heavy atom. The number of benzene rings is 2. The van der Waals surface area contributed by atoms with Crippen LogP contribution in [0.2, 0.25) is 5.02 Å². The summed E-state index contributed by atoms with van der Waals surface area (Å²) in [5, 5.41) is 11.7. The van der Waals surface area contributed by atoms with Crippen LogP contribution in [-0.2, 0) is 6.42 Å². The van der Waals surface area contributed by atoms with Crippen molar-refractivity contribution in [2.75, 3.05) is 17.7 Å². The van der Waals surface area contributed by atoms with Crippen molar-refractivity contribution in [2.45, 2.75) is 17.7 Å². The fraction of sp³-hybridized carbons (Fsp3) is 0.235. The van der Waals surface area contributed by atoms with Gasteiger partial charge in [-0.15, -0.1) is 11.8 Å². The minimum Gasteiger partial charge on any atom is -0.305 e. The van der Waals surface area contributed by atoms with Gasteiger partial charge in [0.15, 0.2) is 0 Å². The molecule has 0 fully saturated rings. The second-order valence-corrected chi connectivity index (χ2v) is 6.84. The van der Waals surface area contributed by atoms with E-state index in [1.54, 1.807) is 6.07 Å². The fourth-order valence-corrected chi connectivity index (χ4v) is 3.65. The van der Waals surface area contributed by atoms with E-state index in [0.717, 1.165) is 4.90 Å². The number of fused-ring (bicyclic) bond motifs is 1. The number of anilines is 1. The normalized spacial score (nSPS) is 13.5. The quantitative estimate of drug-likeness (QED) is 0.439.